The van der Waals surface area contributed by atoms with Gasteiger partial charge in [0.1, 0.15) is 0 Å². The van der Waals surface area contributed by atoms with Crippen molar-refractivity contribution < 1.29 is 0 Å². The van der Waals surface area contributed by atoms with E-state index in [1.807, 2.05) is 0 Å². The molecule has 0 aromatic carbocycles. The molecule has 0 amide bonds. The highest BCUT2D eigenvalue weighted by Gasteiger charge is 2.53. The van der Waals surface area contributed by atoms with Crippen molar-refractivity contribution in [2.45, 2.75) is 57.9 Å². The van der Waals surface area contributed by atoms with E-state index in [2.05, 4.69) is 19.2 Å². The van der Waals surface area contributed by atoms with Crippen LogP contribution in [0.4, 0.5) is 0 Å². The molecule has 88 valence electrons. The highest BCUT2D eigenvalue weighted by Crippen LogP contribution is 2.60. The molecule has 2 aliphatic rings. The molecule has 15 heavy (non-hydrogen) atoms. The molecule has 0 bridgehead atoms. The average Bonchev–Trinajstić information content (AvgIpc) is 3.08. The first-order valence-electron chi connectivity index (χ1n) is 6.64. The molecule has 2 fully saturated rings. The Hall–Kier alpha value is -0.0800. The molecule has 2 rings (SSSR count). The number of hydrogen-bond donors (Lipinski definition) is 2. The van der Waals surface area contributed by atoms with E-state index in [1.54, 1.807) is 0 Å². The van der Waals surface area contributed by atoms with Crippen molar-refractivity contribution >= 4 is 0 Å². The molecule has 2 aliphatic carbocycles. The summed E-state index contributed by atoms with van der Waals surface area (Å²) in [5, 5.41) is 3.63. The Bertz CT molecular complexity index is 211. The Morgan fingerprint density at radius 3 is 2.27 bits per heavy atom. The van der Waals surface area contributed by atoms with Crippen LogP contribution in [0.3, 0.4) is 0 Å². The van der Waals surface area contributed by atoms with E-state index in [1.165, 1.54) is 32.2 Å². The van der Waals surface area contributed by atoms with Gasteiger partial charge < -0.3 is 11.1 Å². The highest BCUT2D eigenvalue weighted by molar-refractivity contribution is 5.05. The molecule has 0 radical (unpaired) electrons. The van der Waals surface area contributed by atoms with Crippen molar-refractivity contribution in [1.29, 1.82) is 0 Å². The van der Waals surface area contributed by atoms with Gasteiger partial charge in [-0.1, -0.05) is 13.8 Å². The molecule has 0 saturated heterocycles. The number of nitrogens with two attached hydrogens (primary N) is 1. The summed E-state index contributed by atoms with van der Waals surface area (Å²) in [6.45, 7) is 6.60. The summed E-state index contributed by atoms with van der Waals surface area (Å²) >= 11 is 0. The third-order valence-electron chi connectivity index (χ3n) is 4.70. The average molecular weight is 210 g/mol. The predicted octanol–water partition coefficient (Wildman–Crippen LogP) is 2.28. The molecule has 2 saturated carbocycles. The fourth-order valence-corrected chi connectivity index (χ4v) is 2.65. The molecule has 2 nitrogen and oxygen atoms in total. The second-order valence-corrected chi connectivity index (χ2v) is 5.81. The summed E-state index contributed by atoms with van der Waals surface area (Å²) < 4.78 is 0. The largest absolute Gasteiger partial charge is 0.324 e. The van der Waals surface area contributed by atoms with Gasteiger partial charge in [0.2, 0.25) is 0 Å². The van der Waals surface area contributed by atoms with Gasteiger partial charge in [-0.3, -0.25) is 0 Å². The van der Waals surface area contributed by atoms with Crippen LogP contribution in [0, 0.1) is 11.3 Å². The maximum Gasteiger partial charge on any atom is 0.0275 e. The van der Waals surface area contributed by atoms with Crippen molar-refractivity contribution in [3.8, 4) is 0 Å². The Morgan fingerprint density at radius 1 is 1.27 bits per heavy atom. The minimum atomic E-state index is 0.0274. The molecule has 2 heteroatoms. The molecular formula is C13H26N2. The number of hydrogen-bond acceptors (Lipinski definition) is 2. The molecular weight excluding hydrogens is 184 g/mol. The zero-order chi connectivity index (χ0) is 10.9. The molecule has 3 N–H and O–H groups in total. The van der Waals surface area contributed by atoms with Crippen LogP contribution in [-0.4, -0.2) is 18.6 Å². The monoisotopic (exact) mass is 210 g/mol. The van der Waals surface area contributed by atoms with Gasteiger partial charge in [0.15, 0.2) is 0 Å². The first kappa shape index (κ1) is 11.4. The van der Waals surface area contributed by atoms with Crippen molar-refractivity contribution in [2.24, 2.45) is 17.1 Å². The summed E-state index contributed by atoms with van der Waals surface area (Å²) in [6.07, 6.45) is 8.04. The fraction of sp³-hybridized carbons (Fsp3) is 1.00. The van der Waals surface area contributed by atoms with Gasteiger partial charge in [0, 0.05) is 18.6 Å². The van der Waals surface area contributed by atoms with E-state index < -0.39 is 0 Å². The quantitative estimate of drug-likeness (QED) is 0.676. The predicted molar refractivity (Wildman–Crippen MR) is 64.8 cm³/mol. The van der Waals surface area contributed by atoms with Gasteiger partial charge in [0.25, 0.3) is 0 Å². The second kappa shape index (κ2) is 4.06. The van der Waals surface area contributed by atoms with Gasteiger partial charge in [-0.15, -0.1) is 0 Å². The van der Waals surface area contributed by atoms with Gasteiger partial charge in [-0.2, -0.15) is 0 Å². The van der Waals surface area contributed by atoms with Crippen LogP contribution in [-0.2, 0) is 0 Å². The Labute approximate surface area is 94.0 Å². The van der Waals surface area contributed by atoms with Crippen LogP contribution < -0.4 is 11.1 Å². The third-order valence-corrected chi connectivity index (χ3v) is 4.70. The van der Waals surface area contributed by atoms with Crippen LogP contribution in [0.2, 0.25) is 0 Å². The molecule has 0 aromatic heterocycles. The van der Waals surface area contributed by atoms with Gasteiger partial charge in [0.05, 0.1) is 0 Å². The maximum atomic E-state index is 6.28. The van der Waals surface area contributed by atoms with Crippen LogP contribution in [0.25, 0.3) is 0 Å². The number of rotatable bonds is 7. The highest BCUT2D eigenvalue weighted by atomic mass is 15.0. The van der Waals surface area contributed by atoms with E-state index in [4.69, 9.17) is 5.73 Å². The molecule has 0 aromatic rings. The molecule has 0 atom stereocenters. The van der Waals surface area contributed by atoms with Crippen molar-refractivity contribution in [3.05, 3.63) is 0 Å². The van der Waals surface area contributed by atoms with Gasteiger partial charge in [-0.05, 0) is 49.9 Å². The molecule has 0 aliphatic heterocycles. The van der Waals surface area contributed by atoms with Crippen molar-refractivity contribution in [1.82, 2.24) is 5.32 Å². The van der Waals surface area contributed by atoms with Crippen molar-refractivity contribution in [3.63, 3.8) is 0 Å². The summed E-state index contributed by atoms with van der Waals surface area (Å²) in [7, 11) is 0. The lowest BCUT2D eigenvalue weighted by atomic mass is 9.93. The van der Waals surface area contributed by atoms with Crippen LogP contribution >= 0.6 is 0 Å². The second-order valence-electron chi connectivity index (χ2n) is 5.81. The summed E-state index contributed by atoms with van der Waals surface area (Å²) in [5.41, 5.74) is 7.01. The van der Waals surface area contributed by atoms with Gasteiger partial charge in [-0.25, -0.2) is 0 Å². The number of nitrogens with one attached hydrogen (secondary N) is 1. The van der Waals surface area contributed by atoms with E-state index in [9.17, 15) is 0 Å². The smallest absolute Gasteiger partial charge is 0.0275 e. The standard InChI is InChI=1S/C13H26N2/c1-3-13(14,4-2)10-15-9-12(7-8-12)11-5-6-11/h11,15H,3-10,14H2,1-2H3. The van der Waals surface area contributed by atoms with Crippen molar-refractivity contribution in [2.75, 3.05) is 13.1 Å². The van der Waals surface area contributed by atoms with E-state index in [0.29, 0.717) is 5.41 Å². The fourth-order valence-electron chi connectivity index (χ4n) is 2.65. The minimum absolute atomic E-state index is 0.0274. The normalized spacial score (nSPS) is 24.2. The Morgan fingerprint density at radius 2 is 1.87 bits per heavy atom. The van der Waals surface area contributed by atoms with Gasteiger partial charge >= 0.3 is 0 Å². The Balaban J connectivity index is 1.70. The summed E-state index contributed by atoms with van der Waals surface area (Å²) in [6, 6.07) is 0. The van der Waals surface area contributed by atoms with E-state index >= 15 is 0 Å². The SMILES string of the molecule is CCC(N)(CC)CNCC1(C2CC2)CC1. The lowest BCUT2D eigenvalue weighted by Crippen LogP contribution is -2.48. The lowest BCUT2D eigenvalue weighted by molar-refractivity contribution is 0.332. The Kier molecular flexibility index (Phi) is 3.09. The zero-order valence-electron chi connectivity index (χ0n) is 10.3. The topological polar surface area (TPSA) is 38.0 Å². The summed E-state index contributed by atoms with van der Waals surface area (Å²) in [5.74, 6) is 1.06. The maximum absolute atomic E-state index is 6.28. The molecule has 0 unspecified atom stereocenters. The lowest BCUT2D eigenvalue weighted by Gasteiger charge is -2.28. The zero-order valence-corrected chi connectivity index (χ0v) is 10.3. The summed E-state index contributed by atoms with van der Waals surface area (Å²) in [4.78, 5) is 0. The molecule has 0 spiro atoms. The first-order valence-corrected chi connectivity index (χ1v) is 6.64. The van der Waals surface area contributed by atoms with E-state index in [-0.39, 0.29) is 5.54 Å². The van der Waals surface area contributed by atoms with Crippen LogP contribution in [0.15, 0.2) is 0 Å². The molecule has 0 heterocycles. The van der Waals surface area contributed by atoms with Crippen LogP contribution in [0.5, 0.6) is 0 Å². The first-order chi connectivity index (χ1) is 7.14. The van der Waals surface area contributed by atoms with E-state index in [0.717, 1.165) is 25.3 Å². The minimum Gasteiger partial charge on any atom is -0.324 e. The third kappa shape index (κ3) is 2.54. The van der Waals surface area contributed by atoms with Crippen LogP contribution in [0.1, 0.15) is 52.4 Å².